The fourth-order valence-corrected chi connectivity index (χ4v) is 3.15. The molecule has 0 unspecified atom stereocenters. The third-order valence-corrected chi connectivity index (χ3v) is 4.67. The third-order valence-electron chi connectivity index (χ3n) is 4.30. The highest BCUT2D eigenvalue weighted by Gasteiger charge is 2.14. The molecule has 0 aliphatic heterocycles. The molecule has 0 spiro atoms. The third kappa shape index (κ3) is 2.78. The van der Waals surface area contributed by atoms with E-state index >= 15 is 0 Å². The predicted molar refractivity (Wildman–Crippen MR) is 102 cm³/mol. The number of ether oxygens (including phenoxy) is 1. The molecule has 1 heterocycles. The number of hydrogen-bond donors (Lipinski definition) is 1. The van der Waals surface area contributed by atoms with Crippen LogP contribution in [-0.2, 0) is 6.61 Å². The smallest absolute Gasteiger partial charge is 0.204 e. The standard InChI is InChI=1S/C21H15ClO4/c1-12-5-4-7-15-20(24)19-17(23)9-14(10-18(19)26-21(12)15)25-11-13-6-2-3-8-16(13)22/h2-10,23H,11H2,1H3. The molecule has 1 aromatic heterocycles. The summed E-state index contributed by atoms with van der Waals surface area (Å²) in [7, 11) is 0. The summed E-state index contributed by atoms with van der Waals surface area (Å²) < 4.78 is 11.6. The second kappa shape index (κ2) is 6.39. The molecule has 0 amide bonds. The van der Waals surface area contributed by atoms with Gasteiger partial charge in [0.2, 0.25) is 5.43 Å². The van der Waals surface area contributed by atoms with Gasteiger partial charge in [-0.2, -0.15) is 0 Å². The molecule has 4 rings (SSSR count). The van der Waals surface area contributed by atoms with Gasteiger partial charge in [0.05, 0.1) is 5.39 Å². The van der Waals surface area contributed by atoms with Crippen LogP contribution >= 0.6 is 11.6 Å². The summed E-state index contributed by atoms with van der Waals surface area (Å²) in [5.74, 6) is 0.222. The first-order valence-electron chi connectivity index (χ1n) is 8.10. The number of halogens is 1. The Morgan fingerprint density at radius 3 is 2.73 bits per heavy atom. The topological polar surface area (TPSA) is 59.7 Å². The van der Waals surface area contributed by atoms with Crippen molar-refractivity contribution in [3.63, 3.8) is 0 Å². The predicted octanol–water partition coefficient (Wildman–Crippen LogP) is 5.19. The molecule has 26 heavy (non-hydrogen) atoms. The van der Waals surface area contributed by atoms with E-state index in [2.05, 4.69) is 0 Å². The highest BCUT2D eigenvalue weighted by atomic mass is 35.5. The SMILES string of the molecule is Cc1cccc2c(=O)c3c(O)cc(OCc4ccccc4Cl)cc3oc12. The zero-order chi connectivity index (χ0) is 18.3. The first-order chi connectivity index (χ1) is 12.5. The molecule has 130 valence electrons. The quantitative estimate of drug-likeness (QED) is 0.507. The Bertz CT molecular complexity index is 1190. The molecule has 0 aliphatic rings. The number of rotatable bonds is 3. The molecule has 0 fully saturated rings. The van der Waals surface area contributed by atoms with Gasteiger partial charge in [-0.25, -0.2) is 0 Å². The first-order valence-corrected chi connectivity index (χ1v) is 8.48. The van der Waals surface area contributed by atoms with Crippen LogP contribution in [0.25, 0.3) is 21.9 Å². The van der Waals surface area contributed by atoms with E-state index in [1.54, 1.807) is 24.3 Å². The van der Waals surface area contributed by atoms with Crippen LogP contribution in [0.15, 0.2) is 63.8 Å². The van der Waals surface area contributed by atoms with E-state index in [4.69, 9.17) is 20.8 Å². The summed E-state index contributed by atoms with van der Waals surface area (Å²) in [5, 5.41) is 11.5. The number of benzene rings is 3. The van der Waals surface area contributed by atoms with Crippen molar-refractivity contribution < 1.29 is 14.3 Å². The van der Waals surface area contributed by atoms with Crippen LogP contribution in [0.2, 0.25) is 5.02 Å². The number of fused-ring (bicyclic) bond motifs is 2. The highest BCUT2D eigenvalue weighted by molar-refractivity contribution is 6.31. The molecule has 0 bridgehead atoms. The molecular formula is C21H15ClO4. The summed E-state index contributed by atoms with van der Waals surface area (Å²) in [5.41, 5.74) is 2.20. The molecule has 0 saturated carbocycles. The van der Waals surface area contributed by atoms with Crippen LogP contribution in [0.3, 0.4) is 0 Å². The van der Waals surface area contributed by atoms with E-state index in [0.29, 0.717) is 21.7 Å². The lowest BCUT2D eigenvalue weighted by molar-refractivity contribution is 0.304. The lowest BCUT2D eigenvalue weighted by Gasteiger charge is -2.10. The maximum Gasteiger partial charge on any atom is 0.204 e. The Morgan fingerprint density at radius 1 is 1.12 bits per heavy atom. The van der Waals surface area contributed by atoms with Gasteiger partial charge in [-0.15, -0.1) is 0 Å². The van der Waals surface area contributed by atoms with Crippen LogP contribution in [0, 0.1) is 6.92 Å². The van der Waals surface area contributed by atoms with E-state index < -0.39 is 0 Å². The summed E-state index contributed by atoms with van der Waals surface area (Å²) in [6.45, 7) is 2.11. The largest absolute Gasteiger partial charge is 0.507 e. The molecule has 0 aliphatic carbocycles. The first kappa shape index (κ1) is 16.5. The number of para-hydroxylation sites is 1. The number of hydrogen-bond acceptors (Lipinski definition) is 4. The molecule has 0 atom stereocenters. The lowest BCUT2D eigenvalue weighted by atomic mass is 10.1. The van der Waals surface area contributed by atoms with Gasteiger partial charge in [0.1, 0.15) is 34.7 Å². The maximum absolute atomic E-state index is 12.7. The monoisotopic (exact) mass is 366 g/mol. The lowest BCUT2D eigenvalue weighted by Crippen LogP contribution is -2.04. The second-order valence-electron chi connectivity index (χ2n) is 6.08. The molecule has 4 aromatic rings. The summed E-state index contributed by atoms with van der Waals surface area (Å²) in [6.07, 6.45) is 0. The minimum atomic E-state index is -0.264. The van der Waals surface area contributed by atoms with Gasteiger partial charge in [0, 0.05) is 22.7 Å². The normalized spacial score (nSPS) is 11.2. The van der Waals surface area contributed by atoms with Crippen molar-refractivity contribution in [1.29, 1.82) is 0 Å². The van der Waals surface area contributed by atoms with Gasteiger partial charge < -0.3 is 14.3 Å². The van der Waals surface area contributed by atoms with Crippen molar-refractivity contribution >= 4 is 33.5 Å². The zero-order valence-electron chi connectivity index (χ0n) is 14.0. The fourth-order valence-electron chi connectivity index (χ4n) is 2.96. The van der Waals surface area contributed by atoms with Crippen molar-refractivity contribution in [1.82, 2.24) is 0 Å². The number of aromatic hydroxyl groups is 1. The average Bonchev–Trinajstić information content (AvgIpc) is 2.62. The number of aryl methyl sites for hydroxylation is 1. The molecule has 0 saturated heterocycles. The second-order valence-corrected chi connectivity index (χ2v) is 6.49. The number of phenolic OH excluding ortho intramolecular Hbond substituents is 1. The van der Waals surface area contributed by atoms with Gasteiger partial charge in [0.15, 0.2) is 0 Å². The Balaban J connectivity index is 1.81. The Hall–Kier alpha value is -2.98. The minimum Gasteiger partial charge on any atom is -0.507 e. The van der Waals surface area contributed by atoms with Gasteiger partial charge in [-0.1, -0.05) is 41.9 Å². The van der Waals surface area contributed by atoms with Crippen LogP contribution in [0.1, 0.15) is 11.1 Å². The van der Waals surface area contributed by atoms with E-state index in [9.17, 15) is 9.90 Å². The average molecular weight is 367 g/mol. The van der Waals surface area contributed by atoms with Crippen molar-refractivity contribution in [2.45, 2.75) is 13.5 Å². The van der Waals surface area contributed by atoms with Crippen LogP contribution in [0.5, 0.6) is 11.5 Å². The Morgan fingerprint density at radius 2 is 1.92 bits per heavy atom. The Labute approximate surface area is 154 Å². The van der Waals surface area contributed by atoms with Gasteiger partial charge >= 0.3 is 0 Å². The van der Waals surface area contributed by atoms with E-state index in [0.717, 1.165) is 11.1 Å². The molecule has 1 N–H and O–H groups in total. The number of phenols is 1. The summed E-state index contributed by atoms with van der Waals surface area (Å²) >= 11 is 6.13. The summed E-state index contributed by atoms with van der Waals surface area (Å²) in [6, 6.07) is 15.7. The molecule has 3 aromatic carbocycles. The molecule has 4 nitrogen and oxygen atoms in total. The van der Waals surface area contributed by atoms with Gasteiger partial charge in [-0.3, -0.25) is 4.79 Å². The van der Waals surface area contributed by atoms with Crippen LogP contribution in [-0.4, -0.2) is 5.11 Å². The summed E-state index contributed by atoms with van der Waals surface area (Å²) in [4.78, 5) is 12.7. The van der Waals surface area contributed by atoms with Crippen LogP contribution in [0.4, 0.5) is 0 Å². The van der Waals surface area contributed by atoms with Gasteiger partial charge in [-0.05, 0) is 24.6 Å². The van der Waals surface area contributed by atoms with Crippen LogP contribution < -0.4 is 10.2 Å². The van der Waals surface area contributed by atoms with E-state index in [-0.39, 0.29) is 28.8 Å². The van der Waals surface area contributed by atoms with Crippen molar-refractivity contribution in [2.75, 3.05) is 0 Å². The highest BCUT2D eigenvalue weighted by Crippen LogP contribution is 2.32. The zero-order valence-corrected chi connectivity index (χ0v) is 14.7. The van der Waals surface area contributed by atoms with Gasteiger partial charge in [0.25, 0.3) is 0 Å². The fraction of sp³-hybridized carbons (Fsp3) is 0.0952. The maximum atomic E-state index is 12.7. The van der Waals surface area contributed by atoms with E-state index in [1.165, 1.54) is 6.07 Å². The molecular weight excluding hydrogens is 352 g/mol. The van der Waals surface area contributed by atoms with Crippen molar-refractivity contribution in [3.05, 3.63) is 81.0 Å². The molecule has 0 radical (unpaired) electrons. The Kier molecular flexibility index (Phi) is 4.05. The van der Waals surface area contributed by atoms with Crippen molar-refractivity contribution in [2.24, 2.45) is 0 Å². The van der Waals surface area contributed by atoms with Crippen molar-refractivity contribution in [3.8, 4) is 11.5 Å². The minimum absolute atomic E-state index is 0.146. The molecule has 5 heteroatoms. The van der Waals surface area contributed by atoms with E-state index in [1.807, 2.05) is 31.2 Å².